The Morgan fingerprint density at radius 3 is 2.07 bits per heavy atom. The van der Waals surface area contributed by atoms with Crippen molar-refractivity contribution >= 4 is 17.3 Å². The minimum Gasteiger partial charge on any atom is -0.490 e. The van der Waals surface area contributed by atoms with Gasteiger partial charge in [0.15, 0.2) is 0 Å². The first-order valence-corrected chi connectivity index (χ1v) is 15.0. The number of rotatable bonds is 13. The van der Waals surface area contributed by atoms with Crippen LogP contribution in [-0.2, 0) is 16.6 Å². The fraction of sp³-hybridized carbons (Fsp3) is 0.324. The van der Waals surface area contributed by atoms with Crippen LogP contribution in [-0.4, -0.2) is 45.5 Å². The molecule has 224 valence electrons. The van der Waals surface area contributed by atoms with E-state index in [0.29, 0.717) is 12.4 Å². The minimum atomic E-state index is -0.998. The first-order valence-electron chi connectivity index (χ1n) is 15.0. The average molecular weight is 579 g/mol. The second-order valence-corrected chi connectivity index (χ2v) is 11.4. The van der Waals surface area contributed by atoms with Crippen molar-refractivity contribution in [3.63, 3.8) is 0 Å². The quantitative estimate of drug-likeness (QED) is 0.140. The zero-order chi connectivity index (χ0) is 30.6. The summed E-state index contributed by atoms with van der Waals surface area (Å²) in [4.78, 5) is 12.5. The molecule has 5 rings (SSSR count). The number of carboxylic acid groups (broad SMARTS) is 1. The summed E-state index contributed by atoms with van der Waals surface area (Å²) in [7, 11) is 5.48. The van der Waals surface area contributed by atoms with Crippen LogP contribution in [0.15, 0.2) is 72.8 Å². The number of carbonyl (C=O) groups is 1. The highest BCUT2D eigenvalue weighted by Gasteiger charge is 2.44. The summed E-state index contributed by atoms with van der Waals surface area (Å²) >= 11 is 0. The first kappa shape index (κ1) is 30.2. The number of aryl methyl sites for hydroxylation is 3. The lowest BCUT2D eigenvalue weighted by molar-refractivity contribution is 0.0689. The van der Waals surface area contributed by atoms with Gasteiger partial charge in [0.25, 0.3) is 0 Å². The number of nitrogens with one attached hydrogen (secondary N) is 2. The molecule has 6 heteroatoms. The van der Waals surface area contributed by atoms with Crippen LogP contribution in [0.2, 0.25) is 0 Å². The Kier molecular flexibility index (Phi) is 9.07. The number of methoxy groups -OCH3 is 1. The van der Waals surface area contributed by atoms with Crippen LogP contribution in [0, 0.1) is 13.8 Å². The molecule has 1 aliphatic carbocycles. The topological polar surface area (TPSA) is 79.8 Å². The van der Waals surface area contributed by atoms with Gasteiger partial charge >= 0.3 is 5.97 Å². The van der Waals surface area contributed by atoms with Crippen molar-refractivity contribution in [2.45, 2.75) is 44.9 Å². The second kappa shape index (κ2) is 12.9. The van der Waals surface area contributed by atoms with Gasteiger partial charge in [-0.1, -0.05) is 66.1 Å². The summed E-state index contributed by atoms with van der Waals surface area (Å²) in [5.41, 5.74) is 11.5. The summed E-state index contributed by atoms with van der Waals surface area (Å²) in [6.45, 7) is 4.93. The summed E-state index contributed by atoms with van der Waals surface area (Å²) in [5, 5.41) is 16.8. The number of aromatic carboxylic acids is 1. The van der Waals surface area contributed by atoms with E-state index in [2.05, 4.69) is 85.1 Å². The molecule has 0 heterocycles. The molecule has 0 bridgehead atoms. The predicted octanol–water partition coefficient (Wildman–Crippen LogP) is 7.84. The fourth-order valence-corrected chi connectivity index (χ4v) is 6.58. The van der Waals surface area contributed by atoms with Gasteiger partial charge in [0.1, 0.15) is 17.9 Å². The molecule has 0 atom stereocenters. The van der Waals surface area contributed by atoms with Gasteiger partial charge in [-0.05, 0) is 90.8 Å². The van der Waals surface area contributed by atoms with E-state index in [0.717, 1.165) is 42.6 Å². The molecule has 3 N–H and O–H groups in total. The van der Waals surface area contributed by atoms with E-state index in [1.165, 1.54) is 38.9 Å². The zero-order valence-electron chi connectivity index (χ0n) is 25.8. The van der Waals surface area contributed by atoms with E-state index in [9.17, 15) is 9.90 Å². The predicted molar refractivity (Wildman–Crippen MR) is 175 cm³/mol. The van der Waals surface area contributed by atoms with Gasteiger partial charge in [-0.3, -0.25) is 0 Å². The van der Waals surface area contributed by atoms with Gasteiger partial charge in [0.2, 0.25) is 0 Å². The Hall–Kier alpha value is -4.29. The molecule has 0 aromatic heterocycles. The third-order valence-electron chi connectivity index (χ3n) is 8.70. The third-order valence-corrected chi connectivity index (χ3v) is 8.70. The molecule has 0 unspecified atom stereocenters. The number of ether oxygens (including phenoxy) is 2. The van der Waals surface area contributed by atoms with Crippen LogP contribution in [0.25, 0.3) is 11.1 Å². The molecule has 0 saturated heterocycles. The van der Waals surface area contributed by atoms with Gasteiger partial charge in [-0.15, -0.1) is 0 Å². The van der Waals surface area contributed by atoms with E-state index in [1.54, 1.807) is 7.11 Å². The number of carboxylic acids is 1. The van der Waals surface area contributed by atoms with Crippen molar-refractivity contribution in [1.29, 1.82) is 0 Å². The highest BCUT2D eigenvalue weighted by molar-refractivity contribution is 5.92. The van der Waals surface area contributed by atoms with Crippen LogP contribution < -0.4 is 15.4 Å². The second-order valence-electron chi connectivity index (χ2n) is 11.4. The number of unbranched alkanes of at least 4 members (excludes halogenated alkanes) is 1. The van der Waals surface area contributed by atoms with Crippen molar-refractivity contribution in [3.05, 3.63) is 112 Å². The molecule has 6 nitrogen and oxygen atoms in total. The number of anilines is 2. The maximum Gasteiger partial charge on any atom is 0.339 e. The summed E-state index contributed by atoms with van der Waals surface area (Å²) in [6.07, 6.45) is 3.80. The lowest BCUT2D eigenvalue weighted by Crippen LogP contribution is -2.28. The molecule has 43 heavy (non-hydrogen) atoms. The third kappa shape index (κ3) is 5.84. The average Bonchev–Trinajstić information content (AvgIpc) is 3.27. The highest BCUT2D eigenvalue weighted by atomic mass is 16.5. The summed E-state index contributed by atoms with van der Waals surface area (Å²) < 4.78 is 11.0. The smallest absolute Gasteiger partial charge is 0.339 e. The van der Waals surface area contributed by atoms with E-state index in [1.807, 2.05) is 26.2 Å². The van der Waals surface area contributed by atoms with E-state index in [4.69, 9.17) is 9.47 Å². The van der Waals surface area contributed by atoms with Gasteiger partial charge in [0, 0.05) is 26.6 Å². The first-order chi connectivity index (χ1) is 20.8. The molecule has 0 saturated carbocycles. The molecular weight excluding hydrogens is 536 g/mol. The van der Waals surface area contributed by atoms with Crippen LogP contribution >= 0.6 is 0 Å². The SMILES string of the molecule is CNc1ccc(CCCCC2(c3ccc(OCCOC)c(C(=O)O)c3)c3cc(C)ccc3-c3ccc(C)cc32)cc1NC. The van der Waals surface area contributed by atoms with E-state index < -0.39 is 11.4 Å². The molecule has 0 amide bonds. The minimum absolute atomic E-state index is 0.174. The van der Waals surface area contributed by atoms with Crippen molar-refractivity contribution < 1.29 is 19.4 Å². The zero-order valence-corrected chi connectivity index (χ0v) is 25.8. The number of hydrogen-bond donors (Lipinski definition) is 3. The van der Waals surface area contributed by atoms with Crippen molar-refractivity contribution in [3.8, 4) is 16.9 Å². The van der Waals surface area contributed by atoms with Crippen molar-refractivity contribution in [2.75, 3.05) is 45.1 Å². The number of benzene rings is 4. The maximum atomic E-state index is 12.5. The van der Waals surface area contributed by atoms with Crippen LogP contribution in [0.1, 0.15) is 63.0 Å². The Labute approximate surface area is 255 Å². The van der Waals surface area contributed by atoms with Crippen LogP contribution in [0.5, 0.6) is 5.75 Å². The van der Waals surface area contributed by atoms with Crippen molar-refractivity contribution in [1.82, 2.24) is 0 Å². The lowest BCUT2D eigenvalue weighted by Gasteiger charge is -2.34. The summed E-state index contributed by atoms with van der Waals surface area (Å²) in [6, 6.07) is 25.6. The number of hydrogen-bond acceptors (Lipinski definition) is 5. The molecule has 0 fully saturated rings. The summed E-state index contributed by atoms with van der Waals surface area (Å²) in [5.74, 6) is -0.637. The molecular formula is C37H42N2O4. The molecule has 4 aromatic rings. The molecule has 4 aromatic carbocycles. The number of fused-ring (bicyclic) bond motifs is 3. The standard InChI is InChI=1S/C37H42N2O4/c1-24-9-13-28-29-14-10-25(2)21-32(29)37(31(28)20-24,17-7-6-8-26-11-15-33(38-3)34(22-26)39-4)27-12-16-35(43-19-18-42-5)30(23-27)36(40)41/h9-16,20-23,38-39H,6-8,17-19H2,1-5H3,(H,40,41). The molecule has 0 radical (unpaired) electrons. The highest BCUT2D eigenvalue weighted by Crippen LogP contribution is 2.56. The molecule has 0 spiro atoms. The lowest BCUT2D eigenvalue weighted by atomic mass is 9.68. The molecule has 0 aliphatic heterocycles. The Bertz CT molecular complexity index is 1580. The van der Waals surface area contributed by atoms with Crippen molar-refractivity contribution in [2.24, 2.45) is 0 Å². The van der Waals surface area contributed by atoms with Crippen LogP contribution in [0.4, 0.5) is 11.4 Å². The maximum absolute atomic E-state index is 12.5. The largest absolute Gasteiger partial charge is 0.490 e. The Morgan fingerprint density at radius 1 is 0.791 bits per heavy atom. The van der Waals surface area contributed by atoms with E-state index >= 15 is 0 Å². The Morgan fingerprint density at radius 2 is 1.47 bits per heavy atom. The monoisotopic (exact) mass is 578 g/mol. The van der Waals surface area contributed by atoms with Gasteiger partial charge in [-0.25, -0.2) is 4.79 Å². The molecule has 1 aliphatic rings. The van der Waals surface area contributed by atoms with Gasteiger partial charge in [0.05, 0.1) is 18.0 Å². The Balaban J connectivity index is 1.57. The fourth-order valence-electron chi connectivity index (χ4n) is 6.58. The normalized spacial score (nSPS) is 12.9. The van der Waals surface area contributed by atoms with E-state index in [-0.39, 0.29) is 12.2 Å². The van der Waals surface area contributed by atoms with Crippen LogP contribution in [0.3, 0.4) is 0 Å². The van der Waals surface area contributed by atoms with Gasteiger partial charge < -0.3 is 25.2 Å². The van der Waals surface area contributed by atoms with Gasteiger partial charge in [-0.2, -0.15) is 0 Å².